The van der Waals surface area contributed by atoms with Gasteiger partial charge in [0.05, 0.1) is 19.9 Å². The lowest BCUT2D eigenvalue weighted by molar-refractivity contribution is 0.320. The normalized spacial score (nSPS) is 10.9. The number of nitrogens with zero attached hydrogens (tertiary/aromatic N) is 1. The summed E-state index contributed by atoms with van der Waals surface area (Å²) in [6.45, 7) is 3.61. The highest BCUT2D eigenvalue weighted by Crippen LogP contribution is 2.13. The van der Waals surface area contributed by atoms with Crippen molar-refractivity contribution in [3.05, 3.63) is 54.0 Å². The maximum absolute atomic E-state index is 5.27. The average Bonchev–Trinajstić information content (AvgIpc) is 2.97. The van der Waals surface area contributed by atoms with Crippen LogP contribution in [0.15, 0.2) is 47.1 Å². The molecule has 0 unspecified atom stereocenters. The molecule has 2 rings (SSSR count). The highest BCUT2D eigenvalue weighted by molar-refractivity contribution is 5.28. The summed E-state index contributed by atoms with van der Waals surface area (Å²) in [5, 5.41) is 3.37. The quantitative estimate of drug-likeness (QED) is 0.751. The van der Waals surface area contributed by atoms with E-state index in [-0.39, 0.29) is 0 Å². The number of ether oxygens (including phenoxy) is 1. The van der Waals surface area contributed by atoms with Crippen LogP contribution in [-0.2, 0) is 13.1 Å². The van der Waals surface area contributed by atoms with Crippen molar-refractivity contribution >= 4 is 0 Å². The molecule has 0 aliphatic heterocycles. The van der Waals surface area contributed by atoms with Crippen molar-refractivity contribution in [2.24, 2.45) is 0 Å². The Balaban J connectivity index is 1.68. The van der Waals surface area contributed by atoms with E-state index in [1.54, 1.807) is 13.4 Å². The summed E-state index contributed by atoms with van der Waals surface area (Å²) in [6, 6.07) is 12.1. The zero-order chi connectivity index (χ0) is 14.2. The minimum Gasteiger partial charge on any atom is -0.497 e. The standard InChI is InChI=1S/C16H22N2O2/c1-18(9-8-17-12-16-7-4-10-20-16)13-14-5-3-6-15(11-14)19-2/h3-7,10-11,17H,8-9,12-13H2,1-2H3. The van der Waals surface area contributed by atoms with Gasteiger partial charge in [-0.2, -0.15) is 0 Å². The number of hydrogen-bond acceptors (Lipinski definition) is 4. The molecule has 0 saturated carbocycles. The van der Waals surface area contributed by atoms with E-state index < -0.39 is 0 Å². The third-order valence-corrected chi connectivity index (χ3v) is 3.14. The number of furan rings is 1. The Hall–Kier alpha value is -1.78. The van der Waals surface area contributed by atoms with Gasteiger partial charge in [0.15, 0.2) is 0 Å². The fraction of sp³-hybridized carbons (Fsp3) is 0.375. The second-order valence-electron chi connectivity index (χ2n) is 4.85. The Kier molecular flexibility index (Phi) is 5.65. The van der Waals surface area contributed by atoms with Crippen molar-refractivity contribution in [3.63, 3.8) is 0 Å². The zero-order valence-electron chi connectivity index (χ0n) is 12.1. The van der Waals surface area contributed by atoms with Crippen LogP contribution in [0.5, 0.6) is 5.75 Å². The first kappa shape index (κ1) is 14.6. The second kappa shape index (κ2) is 7.72. The summed E-state index contributed by atoms with van der Waals surface area (Å²) < 4.78 is 10.5. The van der Waals surface area contributed by atoms with Crippen LogP contribution in [0.1, 0.15) is 11.3 Å². The smallest absolute Gasteiger partial charge is 0.119 e. The van der Waals surface area contributed by atoms with E-state index >= 15 is 0 Å². The van der Waals surface area contributed by atoms with Crippen molar-refractivity contribution < 1.29 is 9.15 Å². The van der Waals surface area contributed by atoms with Crippen LogP contribution >= 0.6 is 0 Å². The molecule has 0 aliphatic rings. The first-order valence-electron chi connectivity index (χ1n) is 6.82. The average molecular weight is 274 g/mol. The summed E-state index contributed by atoms with van der Waals surface area (Å²) in [7, 11) is 3.81. The Morgan fingerprint density at radius 2 is 2.15 bits per heavy atom. The maximum atomic E-state index is 5.27. The molecular weight excluding hydrogens is 252 g/mol. The number of methoxy groups -OCH3 is 1. The summed E-state index contributed by atoms with van der Waals surface area (Å²) in [4.78, 5) is 2.28. The van der Waals surface area contributed by atoms with E-state index in [9.17, 15) is 0 Å². The Morgan fingerprint density at radius 3 is 2.90 bits per heavy atom. The zero-order valence-corrected chi connectivity index (χ0v) is 12.1. The Bertz CT molecular complexity index is 497. The lowest BCUT2D eigenvalue weighted by Gasteiger charge is -2.17. The van der Waals surface area contributed by atoms with E-state index in [2.05, 4.69) is 29.4 Å². The Morgan fingerprint density at radius 1 is 1.25 bits per heavy atom. The van der Waals surface area contributed by atoms with Gasteiger partial charge < -0.3 is 19.4 Å². The highest BCUT2D eigenvalue weighted by Gasteiger charge is 2.02. The van der Waals surface area contributed by atoms with Gasteiger partial charge in [-0.15, -0.1) is 0 Å². The van der Waals surface area contributed by atoms with Crippen molar-refractivity contribution in [2.45, 2.75) is 13.1 Å². The number of hydrogen-bond donors (Lipinski definition) is 1. The van der Waals surface area contributed by atoms with Crippen LogP contribution in [-0.4, -0.2) is 32.1 Å². The molecule has 0 radical (unpaired) electrons. The number of likely N-dealkylation sites (N-methyl/N-ethyl adjacent to an activating group) is 1. The summed E-state index contributed by atoms with van der Waals surface area (Å²) in [6.07, 6.45) is 1.70. The van der Waals surface area contributed by atoms with E-state index in [1.807, 2.05) is 24.3 Å². The van der Waals surface area contributed by atoms with Crippen LogP contribution in [0.2, 0.25) is 0 Å². The van der Waals surface area contributed by atoms with Gasteiger partial charge in [-0.1, -0.05) is 12.1 Å². The molecule has 0 aliphatic carbocycles. The predicted octanol–water partition coefficient (Wildman–Crippen LogP) is 2.51. The molecule has 108 valence electrons. The van der Waals surface area contributed by atoms with Crippen LogP contribution in [0.25, 0.3) is 0 Å². The van der Waals surface area contributed by atoms with E-state index in [0.29, 0.717) is 0 Å². The van der Waals surface area contributed by atoms with Gasteiger partial charge in [-0.25, -0.2) is 0 Å². The monoisotopic (exact) mass is 274 g/mol. The third-order valence-electron chi connectivity index (χ3n) is 3.14. The fourth-order valence-electron chi connectivity index (χ4n) is 2.06. The fourth-order valence-corrected chi connectivity index (χ4v) is 2.06. The van der Waals surface area contributed by atoms with E-state index in [1.165, 1.54) is 5.56 Å². The molecule has 0 saturated heterocycles. The second-order valence-corrected chi connectivity index (χ2v) is 4.85. The van der Waals surface area contributed by atoms with Gasteiger partial charge in [-0.05, 0) is 36.9 Å². The third kappa shape index (κ3) is 4.72. The molecule has 4 nitrogen and oxygen atoms in total. The molecule has 0 fully saturated rings. The molecule has 20 heavy (non-hydrogen) atoms. The van der Waals surface area contributed by atoms with Gasteiger partial charge >= 0.3 is 0 Å². The molecule has 0 amide bonds. The van der Waals surface area contributed by atoms with Gasteiger partial charge in [0.1, 0.15) is 11.5 Å². The summed E-state index contributed by atoms with van der Waals surface area (Å²) >= 11 is 0. The van der Waals surface area contributed by atoms with Crippen molar-refractivity contribution in [1.29, 1.82) is 0 Å². The molecule has 1 aromatic heterocycles. The first-order chi connectivity index (χ1) is 9.78. The maximum Gasteiger partial charge on any atom is 0.119 e. The van der Waals surface area contributed by atoms with E-state index in [4.69, 9.17) is 9.15 Å². The number of rotatable bonds is 8. The first-order valence-corrected chi connectivity index (χ1v) is 6.82. The van der Waals surface area contributed by atoms with E-state index in [0.717, 1.165) is 37.7 Å². The van der Waals surface area contributed by atoms with Crippen LogP contribution in [0.3, 0.4) is 0 Å². The topological polar surface area (TPSA) is 37.6 Å². The SMILES string of the molecule is COc1cccc(CN(C)CCNCc2ccco2)c1. The molecule has 1 heterocycles. The van der Waals surface area contributed by atoms with Gasteiger partial charge in [0, 0.05) is 19.6 Å². The van der Waals surface area contributed by atoms with Crippen LogP contribution < -0.4 is 10.1 Å². The molecule has 0 atom stereocenters. The number of nitrogens with one attached hydrogen (secondary N) is 1. The van der Waals surface area contributed by atoms with Crippen LogP contribution in [0, 0.1) is 0 Å². The molecule has 0 bridgehead atoms. The molecule has 4 heteroatoms. The Labute approximate surface area is 120 Å². The van der Waals surface area contributed by atoms with Crippen LogP contribution in [0.4, 0.5) is 0 Å². The highest BCUT2D eigenvalue weighted by atomic mass is 16.5. The molecule has 1 aromatic carbocycles. The summed E-state index contributed by atoms with van der Waals surface area (Å²) in [5.74, 6) is 1.88. The largest absolute Gasteiger partial charge is 0.497 e. The number of benzene rings is 1. The molecule has 2 aromatic rings. The lowest BCUT2D eigenvalue weighted by Crippen LogP contribution is -2.28. The van der Waals surface area contributed by atoms with Crippen molar-refractivity contribution in [2.75, 3.05) is 27.2 Å². The lowest BCUT2D eigenvalue weighted by atomic mass is 10.2. The molecule has 0 spiro atoms. The van der Waals surface area contributed by atoms with Gasteiger partial charge in [0.2, 0.25) is 0 Å². The minimum absolute atomic E-state index is 0.778. The van der Waals surface area contributed by atoms with Crippen molar-refractivity contribution in [3.8, 4) is 5.75 Å². The summed E-state index contributed by atoms with van der Waals surface area (Å²) in [5.41, 5.74) is 1.26. The molecule has 1 N–H and O–H groups in total. The molecular formula is C16H22N2O2. The van der Waals surface area contributed by atoms with Crippen molar-refractivity contribution in [1.82, 2.24) is 10.2 Å². The van der Waals surface area contributed by atoms with Gasteiger partial charge in [-0.3, -0.25) is 0 Å². The minimum atomic E-state index is 0.778. The predicted molar refractivity (Wildman–Crippen MR) is 79.7 cm³/mol. The van der Waals surface area contributed by atoms with Gasteiger partial charge in [0.25, 0.3) is 0 Å².